The number of anilines is 1. The fourth-order valence-corrected chi connectivity index (χ4v) is 8.19. The van der Waals surface area contributed by atoms with E-state index in [1.807, 2.05) is 0 Å². The van der Waals surface area contributed by atoms with Crippen molar-refractivity contribution < 1.29 is 18.6 Å². The van der Waals surface area contributed by atoms with Gasteiger partial charge in [0.25, 0.3) is 0 Å². The molecule has 5 heterocycles. The van der Waals surface area contributed by atoms with E-state index in [2.05, 4.69) is 34.9 Å². The van der Waals surface area contributed by atoms with Gasteiger partial charge in [-0.25, -0.2) is 13.8 Å². The van der Waals surface area contributed by atoms with Crippen LogP contribution < -0.4 is 15.0 Å². The number of nitrogens with one attached hydrogen (secondary N) is 1. The highest BCUT2D eigenvalue weighted by Gasteiger charge is 2.45. The predicted octanol–water partition coefficient (Wildman–Crippen LogP) is 6.91. The molecule has 2 aromatic carbocycles. The minimum atomic E-state index is -0.680. The minimum absolute atomic E-state index is 0.00589. The number of benzene rings is 2. The zero-order valence-electron chi connectivity index (χ0n) is 27.9. The molecule has 252 valence electrons. The second-order valence-corrected chi connectivity index (χ2v) is 13.6. The quantitative estimate of drug-likeness (QED) is 0.126. The lowest BCUT2D eigenvalue weighted by atomic mass is 9.90. The summed E-state index contributed by atoms with van der Waals surface area (Å²) in [6.45, 7) is 9.92. The van der Waals surface area contributed by atoms with Gasteiger partial charge in [-0.15, -0.1) is 6.42 Å². The summed E-state index contributed by atoms with van der Waals surface area (Å²) in [4.78, 5) is 19.4. The third kappa shape index (κ3) is 5.71. The van der Waals surface area contributed by atoms with Crippen LogP contribution in [0.2, 0.25) is 0 Å². The van der Waals surface area contributed by atoms with E-state index in [9.17, 15) is 5.11 Å². The van der Waals surface area contributed by atoms with Crippen LogP contribution >= 0.6 is 0 Å². The first-order valence-electron chi connectivity index (χ1n) is 17.5. The number of phenolic OH excluding ortho intramolecular Hbond substituents is 1. The highest BCUT2D eigenvalue weighted by Crippen LogP contribution is 2.45. The van der Waals surface area contributed by atoms with E-state index in [0.29, 0.717) is 47.4 Å². The highest BCUT2D eigenvalue weighted by molar-refractivity contribution is 6.03. The molecule has 1 atom stereocenters. The summed E-state index contributed by atoms with van der Waals surface area (Å²) in [6.07, 6.45) is 14.1. The number of ether oxygens (including phenoxy) is 1. The third-order valence-electron chi connectivity index (χ3n) is 10.5. The van der Waals surface area contributed by atoms with Crippen molar-refractivity contribution in [2.24, 2.45) is 0 Å². The summed E-state index contributed by atoms with van der Waals surface area (Å²) in [6, 6.07) is 5.84. The maximum atomic E-state index is 17.2. The summed E-state index contributed by atoms with van der Waals surface area (Å²) < 4.78 is 38.6. The molecule has 0 saturated carbocycles. The van der Waals surface area contributed by atoms with Gasteiger partial charge in [0, 0.05) is 36.5 Å². The van der Waals surface area contributed by atoms with Crippen LogP contribution in [0.25, 0.3) is 32.9 Å². The zero-order chi connectivity index (χ0) is 33.4. The Morgan fingerprint density at radius 2 is 1.88 bits per heavy atom. The SMILES string of the molecule is C#Cc1c(F)ccc2cc(O)cc(-c3nc4c5c(nc(OCC67CCCN6CCC7)nc5c3F)N(CCNCCCC)C[C@H]4CCC)c12. The molecule has 0 radical (unpaired) electrons. The molecule has 7 rings (SSSR count). The molecule has 2 fully saturated rings. The first-order valence-corrected chi connectivity index (χ1v) is 17.5. The van der Waals surface area contributed by atoms with Gasteiger partial charge in [0.1, 0.15) is 35.2 Å². The lowest BCUT2D eigenvalue weighted by molar-refractivity contribution is 0.108. The average Bonchev–Trinajstić information content (AvgIpc) is 3.67. The van der Waals surface area contributed by atoms with Gasteiger partial charge in [-0.1, -0.05) is 38.7 Å². The summed E-state index contributed by atoms with van der Waals surface area (Å²) in [5.74, 6) is 1.67. The number of nitrogens with zero attached hydrogens (tertiary/aromatic N) is 5. The van der Waals surface area contributed by atoms with E-state index < -0.39 is 11.6 Å². The zero-order valence-corrected chi connectivity index (χ0v) is 27.9. The van der Waals surface area contributed by atoms with Crippen LogP contribution in [0.4, 0.5) is 14.6 Å². The topological polar surface area (TPSA) is 86.6 Å². The average molecular weight is 655 g/mol. The van der Waals surface area contributed by atoms with Crippen molar-refractivity contribution in [3.8, 4) is 35.4 Å². The smallest absolute Gasteiger partial charge is 0.319 e. The van der Waals surface area contributed by atoms with Crippen LogP contribution in [0.1, 0.15) is 82.4 Å². The minimum Gasteiger partial charge on any atom is -0.508 e. The lowest BCUT2D eigenvalue weighted by Gasteiger charge is -2.35. The number of phenols is 1. The van der Waals surface area contributed by atoms with Crippen LogP contribution in [0.5, 0.6) is 11.8 Å². The van der Waals surface area contributed by atoms with Crippen molar-refractivity contribution in [1.29, 1.82) is 0 Å². The molecular formula is C38H44F2N6O2. The Balaban J connectivity index is 1.41. The van der Waals surface area contributed by atoms with Gasteiger partial charge < -0.3 is 20.1 Å². The van der Waals surface area contributed by atoms with Gasteiger partial charge in [0.05, 0.1) is 22.2 Å². The van der Waals surface area contributed by atoms with Crippen molar-refractivity contribution in [3.05, 3.63) is 47.2 Å². The Hall–Kier alpha value is -4.07. The number of fused-ring (bicyclic) bond motifs is 2. The molecular weight excluding hydrogens is 610 g/mol. The number of hydrogen-bond donors (Lipinski definition) is 2. The number of hydrogen-bond acceptors (Lipinski definition) is 8. The molecule has 0 aliphatic carbocycles. The summed E-state index contributed by atoms with van der Waals surface area (Å²) in [5, 5.41) is 15.7. The predicted molar refractivity (Wildman–Crippen MR) is 186 cm³/mol. The molecule has 0 unspecified atom stereocenters. The Labute approximate surface area is 280 Å². The Morgan fingerprint density at radius 1 is 1.06 bits per heavy atom. The molecule has 48 heavy (non-hydrogen) atoms. The Kier molecular flexibility index (Phi) is 9.10. The van der Waals surface area contributed by atoms with Crippen molar-refractivity contribution in [2.45, 2.75) is 76.7 Å². The Bertz CT molecular complexity index is 1880. The van der Waals surface area contributed by atoms with Crippen molar-refractivity contribution in [2.75, 3.05) is 50.8 Å². The van der Waals surface area contributed by atoms with Gasteiger partial charge in [0.15, 0.2) is 5.82 Å². The largest absolute Gasteiger partial charge is 0.508 e. The molecule has 4 aromatic rings. The summed E-state index contributed by atoms with van der Waals surface area (Å²) in [7, 11) is 0. The second-order valence-electron chi connectivity index (χ2n) is 13.6. The van der Waals surface area contributed by atoms with E-state index >= 15 is 8.78 Å². The number of rotatable bonds is 12. The van der Waals surface area contributed by atoms with Gasteiger partial charge in [-0.3, -0.25) is 4.90 Å². The molecule has 2 aromatic heterocycles. The standard InChI is InChI=1S/C38H44F2N6O2/c1-4-7-15-41-16-19-45-22-25(10-5-2)33-31-35(43-37(44-36(31)45)48-23-38-13-8-17-46(38)18-9-14-38)32(40)34(42-33)28-21-26(47)20-24-11-12-29(39)27(6-3)30(24)28/h3,11-12,20-21,25,41,47H,4-5,7-10,13-19,22-23H2,1-2H3/t25-/m1/s1. The van der Waals surface area contributed by atoms with E-state index in [1.165, 1.54) is 24.3 Å². The molecule has 0 bridgehead atoms. The van der Waals surface area contributed by atoms with E-state index in [4.69, 9.17) is 26.1 Å². The highest BCUT2D eigenvalue weighted by atomic mass is 19.1. The summed E-state index contributed by atoms with van der Waals surface area (Å²) >= 11 is 0. The van der Waals surface area contributed by atoms with Gasteiger partial charge in [-0.2, -0.15) is 9.97 Å². The van der Waals surface area contributed by atoms with E-state index in [0.717, 1.165) is 77.5 Å². The molecule has 3 aliphatic heterocycles. The number of terminal acetylenes is 1. The fraction of sp³-hybridized carbons (Fsp3) is 0.500. The third-order valence-corrected chi connectivity index (χ3v) is 10.5. The number of pyridine rings is 1. The number of aromatic nitrogens is 3. The molecule has 2 saturated heterocycles. The van der Waals surface area contributed by atoms with Crippen LogP contribution in [0.15, 0.2) is 24.3 Å². The second kappa shape index (κ2) is 13.4. The first-order chi connectivity index (χ1) is 23.4. The van der Waals surface area contributed by atoms with Crippen LogP contribution in [0, 0.1) is 24.0 Å². The molecule has 10 heteroatoms. The van der Waals surface area contributed by atoms with Crippen LogP contribution in [-0.2, 0) is 0 Å². The van der Waals surface area contributed by atoms with Gasteiger partial charge in [0.2, 0.25) is 0 Å². The van der Waals surface area contributed by atoms with Crippen LogP contribution in [0.3, 0.4) is 0 Å². The van der Waals surface area contributed by atoms with Crippen LogP contribution in [-0.4, -0.2) is 76.4 Å². The number of halogens is 2. The van der Waals surface area contributed by atoms with Crippen molar-refractivity contribution in [3.63, 3.8) is 0 Å². The van der Waals surface area contributed by atoms with E-state index in [-0.39, 0.29) is 45.6 Å². The molecule has 2 N–H and O–H groups in total. The number of unbranched alkanes of at least 4 members (excludes halogenated alkanes) is 1. The van der Waals surface area contributed by atoms with E-state index in [1.54, 1.807) is 0 Å². The monoisotopic (exact) mass is 654 g/mol. The van der Waals surface area contributed by atoms with Gasteiger partial charge in [-0.05, 0) is 81.7 Å². The number of aromatic hydroxyl groups is 1. The molecule has 8 nitrogen and oxygen atoms in total. The molecule has 3 aliphatic rings. The maximum absolute atomic E-state index is 17.2. The Morgan fingerprint density at radius 3 is 2.62 bits per heavy atom. The molecule has 0 amide bonds. The van der Waals surface area contributed by atoms with Crippen molar-refractivity contribution in [1.82, 2.24) is 25.2 Å². The molecule has 0 spiro atoms. The summed E-state index contributed by atoms with van der Waals surface area (Å²) in [5.41, 5.74) is 0.971. The van der Waals surface area contributed by atoms with Gasteiger partial charge >= 0.3 is 6.01 Å². The van der Waals surface area contributed by atoms with Crippen molar-refractivity contribution >= 4 is 27.5 Å². The lowest BCUT2D eigenvalue weighted by Crippen LogP contribution is -2.43. The first kappa shape index (κ1) is 32.5. The fourth-order valence-electron chi connectivity index (χ4n) is 8.19. The maximum Gasteiger partial charge on any atom is 0.319 e. The normalized spacial score (nSPS) is 18.5.